The number of thiophene rings is 1. The molecule has 1 saturated heterocycles. The molecule has 1 aliphatic heterocycles. The zero-order chi connectivity index (χ0) is 16.5. The largest absolute Gasteiger partial charge is 0.370 e. The summed E-state index contributed by atoms with van der Waals surface area (Å²) in [5.41, 5.74) is -0.244. The van der Waals surface area contributed by atoms with Crippen molar-refractivity contribution in [2.45, 2.75) is 25.5 Å². The van der Waals surface area contributed by atoms with Crippen molar-refractivity contribution in [1.82, 2.24) is 24.7 Å². The fourth-order valence-electron chi connectivity index (χ4n) is 2.59. The standard InChI is InChI=1S/C14H14N6O3S/c21-10(6-20-7-15-12-8(13(20)22)3-5-24-12)16-14-17-11(18-19-14)9-2-1-4-23-9/h3,5,7,9H,1-2,4,6H2,(H2,16,17,18,19,21). The summed E-state index contributed by atoms with van der Waals surface area (Å²) < 4.78 is 6.76. The number of ether oxygens (including phenoxy) is 1. The minimum absolute atomic E-state index is 0.101. The number of amides is 1. The SMILES string of the molecule is O=C(Cn1cnc2sccc2c1=O)Nc1n[nH]c(C2CCCO2)n1. The second-order valence-corrected chi connectivity index (χ2v) is 6.31. The molecule has 0 aliphatic carbocycles. The average molecular weight is 346 g/mol. The van der Waals surface area contributed by atoms with E-state index in [1.807, 2.05) is 0 Å². The quantitative estimate of drug-likeness (QED) is 0.730. The predicted octanol–water partition coefficient (Wildman–Crippen LogP) is 1.07. The topological polar surface area (TPSA) is 115 Å². The van der Waals surface area contributed by atoms with Crippen LogP contribution in [0.2, 0.25) is 0 Å². The molecule has 3 aromatic heterocycles. The van der Waals surface area contributed by atoms with Crippen LogP contribution in [0.3, 0.4) is 0 Å². The van der Waals surface area contributed by atoms with Gasteiger partial charge in [-0.2, -0.15) is 4.98 Å². The Kier molecular flexibility index (Phi) is 3.82. The summed E-state index contributed by atoms with van der Waals surface area (Å²) in [6, 6.07) is 1.70. The average Bonchev–Trinajstić information content (AvgIpc) is 3.29. The van der Waals surface area contributed by atoms with Gasteiger partial charge in [-0.3, -0.25) is 24.6 Å². The van der Waals surface area contributed by atoms with Crippen LogP contribution >= 0.6 is 11.3 Å². The zero-order valence-electron chi connectivity index (χ0n) is 12.6. The maximum Gasteiger partial charge on any atom is 0.262 e. The summed E-state index contributed by atoms with van der Waals surface area (Å²) in [5.74, 6) is 0.371. The zero-order valence-corrected chi connectivity index (χ0v) is 13.4. The van der Waals surface area contributed by atoms with Gasteiger partial charge in [0.1, 0.15) is 17.5 Å². The number of hydrogen-bond acceptors (Lipinski definition) is 7. The molecule has 3 aromatic rings. The lowest BCUT2D eigenvalue weighted by Gasteiger charge is -2.05. The van der Waals surface area contributed by atoms with Crippen molar-refractivity contribution in [3.05, 3.63) is 34.0 Å². The lowest BCUT2D eigenvalue weighted by atomic mass is 10.2. The number of anilines is 1. The molecule has 0 aromatic carbocycles. The highest BCUT2D eigenvalue weighted by Gasteiger charge is 2.21. The van der Waals surface area contributed by atoms with E-state index < -0.39 is 5.91 Å². The third-order valence-corrected chi connectivity index (χ3v) is 4.57. The molecule has 1 aliphatic rings. The third-order valence-electron chi connectivity index (χ3n) is 3.75. The molecule has 124 valence electrons. The molecule has 9 nitrogen and oxygen atoms in total. The number of carbonyl (C=O) groups excluding carboxylic acids is 1. The number of carbonyl (C=O) groups is 1. The molecule has 0 spiro atoms. The highest BCUT2D eigenvalue weighted by Crippen LogP contribution is 2.26. The number of fused-ring (bicyclic) bond motifs is 1. The highest BCUT2D eigenvalue weighted by molar-refractivity contribution is 7.16. The fourth-order valence-corrected chi connectivity index (χ4v) is 3.32. The Balaban J connectivity index is 1.46. The van der Waals surface area contributed by atoms with Gasteiger partial charge in [-0.05, 0) is 24.3 Å². The van der Waals surface area contributed by atoms with E-state index in [0.29, 0.717) is 22.6 Å². The van der Waals surface area contributed by atoms with Crippen molar-refractivity contribution >= 4 is 33.4 Å². The maximum atomic E-state index is 12.3. The molecule has 4 rings (SSSR count). The Labute approximate surface area is 139 Å². The molecule has 1 fully saturated rings. The van der Waals surface area contributed by atoms with Gasteiger partial charge in [-0.25, -0.2) is 4.98 Å². The van der Waals surface area contributed by atoms with Crippen LogP contribution < -0.4 is 10.9 Å². The first-order chi connectivity index (χ1) is 11.7. The summed E-state index contributed by atoms with van der Waals surface area (Å²) in [7, 11) is 0. The number of aromatic amines is 1. The molecule has 0 saturated carbocycles. The maximum absolute atomic E-state index is 12.3. The van der Waals surface area contributed by atoms with E-state index >= 15 is 0 Å². The van der Waals surface area contributed by atoms with E-state index in [-0.39, 0.29) is 24.2 Å². The normalized spacial score (nSPS) is 17.4. The van der Waals surface area contributed by atoms with Crippen molar-refractivity contribution < 1.29 is 9.53 Å². The summed E-state index contributed by atoms with van der Waals surface area (Å²) >= 11 is 1.39. The number of nitrogens with zero attached hydrogens (tertiary/aromatic N) is 4. The lowest BCUT2D eigenvalue weighted by Crippen LogP contribution is -2.27. The lowest BCUT2D eigenvalue weighted by molar-refractivity contribution is -0.116. The highest BCUT2D eigenvalue weighted by atomic mass is 32.1. The molecule has 1 unspecified atom stereocenters. The molecule has 0 bridgehead atoms. The van der Waals surface area contributed by atoms with Crippen LogP contribution in [-0.4, -0.2) is 37.2 Å². The van der Waals surface area contributed by atoms with Crippen molar-refractivity contribution in [2.75, 3.05) is 11.9 Å². The van der Waals surface area contributed by atoms with Crippen LogP contribution in [0.15, 0.2) is 22.6 Å². The fraction of sp³-hybridized carbons (Fsp3) is 0.357. The van der Waals surface area contributed by atoms with Crippen LogP contribution in [0.25, 0.3) is 10.2 Å². The molecular formula is C14H14N6O3S. The first-order valence-electron chi connectivity index (χ1n) is 7.47. The van der Waals surface area contributed by atoms with Crippen LogP contribution in [0, 0.1) is 0 Å². The number of nitrogens with one attached hydrogen (secondary N) is 2. The first kappa shape index (κ1) is 15.0. The molecule has 0 radical (unpaired) electrons. The van der Waals surface area contributed by atoms with Crippen molar-refractivity contribution in [1.29, 1.82) is 0 Å². The minimum Gasteiger partial charge on any atom is -0.370 e. The van der Waals surface area contributed by atoms with E-state index in [1.54, 1.807) is 11.4 Å². The molecule has 1 amide bonds. The number of H-pyrrole nitrogens is 1. The van der Waals surface area contributed by atoms with Gasteiger partial charge in [-0.1, -0.05) is 0 Å². The Bertz CT molecular complexity index is 939. The van der Waals surface area contributed by atoms with E-state index in [9.17, 15) is 9.59 Å². The molecule has 1 atom stereocenters. The molecule has 2 N–H and O–H groups in total. The van der Waals surface area contributed by atoms with Crippen LogP contribution in [0.5, 0.6) is 0 Å². The van der Waals surface area contributed by atoms with Crippen LogP contribution in [-0.2, 0) is 16.1 Å². The Hall–Kier alpha value is -2.59. The Morgan fingerprint density at radius 1 is 1.54 bits per heavy atom. The summed E-state index contributed by atoms with van der Waals surface area (Å²) in [6.07, 6.45) is 3.13. The second-order valence-electron chi connectivity index (χ2n) is 5.41. The Morgan fingerprint density at radius 3 is 3.29 bits per heavy atom. The van der Waals surface area contributed by atoms with Gasteiger partial charge >= 0.3 is 0 Å². The van der Waals surface area contributed by atoms with E-state index in [2.05, 4.69) is 25.5 Å². The van der Waals surface area contributed by atoms with E-state index in [4.69, 9.17) is 4.74 Å². The second kappa shape index (κ2) is 6.13. The molecular weight excluding hydrogens is 332 g/mol. The van der Waals surface area contributed by atoms with Crippen molar-refractivity contribution in [3.63, 3.8) is 0 Å². The monoisotopic (exact) mass is 346 g/mol. The van der Waals surface area contributed by atoms with Crippen LogP contribution in [0.4, 0.5) is 5.95 Å². The van der Waals surface area contributed by atoms with E-state index in [0.717, 1.165) is 12.8 Å². The smallest absolute Gasteiger partial charge is 0.262 e. The predicted molar refractivity (Wildman–Crippen MR) is 86.8 cm³/mol. The summed E-state index contributed by atoms with van der Waals surface area (Å²) in [5, 5.41) is 11.6. The van der Waals surface area contributed by atoms with Gasteiger partial charge in [0.05, 0.1) is 11.7 Å². The van der Waals surface area contributed by atoms with Gasteiger partial charge in [0.15, 0.2) is 5.82 Å². The molecule has 4 heterocycles. The van der Waals surface area contributed by atoms with Crippen molar-refractivity contribution in [3.8, 4) is 0 Å². The number of hydrogen-bond donors (Lipinski definition) is 2. The molecule has 24 heavy (non-hydrogen) atoms. The van der Waals surface area contributed by atoms with Gasteiger partial charge in [0, 0.05) is 6.61 Å². The van der Waals surface area contributed by atoms with Gasteiger partial charge < -0.3 is 4.74 Å². The van der Waals surface area contributed by atoms with Gasteiger partial charge in [-0.15, -0.1) is 16.4 Å². The minimum atomic E-state index is -0.397. The van der Waals surface area contributed by atoms with Crippen molar-refractivity contribution in [2.24, 2.45) is 0 Å². The summed E-state index contributed by atoms with van der Waals surface area (Å²) in [6.45, 7) is 0.551. The van der Waals surface area contributed by atoms with Gasteiger partial charge in [0.25, 0.3) is 5.56 Å². The van der Waals surface area contributed by atoms with Gasteiger partial charge in [0.2, 0.25) is 11.9 Å². The van der Waals surface area contributed by atoms with E-state index in [1.165, 1.54) is 22.2 Å². The third kappa shape index (κ3) is 2.81. The first-order valence-corrected chi connectivity index (χ1v) is 8.35. The molecule has 10 heteroatoms. The van der Waals surface area contributed by atoms with Crippen LogP contribution in [0.1, 0.15) is 24.8 Å². The Morgan fingerprint density at radius 2 is 2.46 bits per heavy atom. The summed E-state index contributed by atoms with van der Waals surface area (Å²) in [4.78, 5) is 33.4. The number of rotatable bonds is 4. The number of aromatic nitrogens is 5.